The Hall–Kier alpha value is -1.69. The first-order chi connectivity index (χ1) is 13.4. The number of carbonyl (C=O) groups is 1. The van der Waals surface area contributed by atoms with Gasteiger partial charge in [-0.15, -0.1) is 0 Å². The molecule has 4 nitrogen and oxygen atoms in total. The van der Waals surface area contributed by atoms with Gasteiger partial charge in [-0.25, -0.2) is 4.39 Å². The summed E-state index contributed by atoms with van der Waals surface area (Å²) >= 11 is 5.39. The van der Waals surface area contributed by atoms with Crippen molar-refractivity contribution < 1.29 is 19.0 Å². The van der Waals surface area contributed by atoms with Crippen molar-refractivity contribution in [2.45, 2.75) is 78.1 Å². The Labute approximate surface area is 173 Å². The van der Waals surface area contributed by atoms with E-state index in [0.717, 1.165) is 25.2 Å². The van der Waals surface area contributed by atoms with Crippen LogP contribution in [0.2, 0.25) is 0 Å². The van der Waals surface area contributed by atoms with E-state index in [9.17, 15) is 9.18 Å². The Morgan fingerprint density at radius 2 is 1.79 bits per heavy atom. The van der Waals surface area contributed by atoms with E-state index >= 15 is 0 Å². The molecule has 0 bridgehead atoms. The lowest BCUT2D eigenvalue weighted by Crippen LogP contribution is -2.11. The highest BCUT2D eigenvalue weighted by molar-refractivity contribution is 7.80. The molecule has 0 fully saturated rings. The fourth-order valence-corrected chi connectivity index (χ4v) is 3.14. The number of hydrogen-bond donors (Lipinski definition) is 2. The third-order valence-corrected chi connectivity index (χ3v) is 4.75. The van der Waals surface area contributed by atoms with Crippen molar-refractivity contribution >= 4 is 28.9 Å². The van der Waals surface area contributed by atoms with Crippen molar-refractivity contribution in [2.75, 3.05) is 11.9 Å². The molecule has 0 aliphatic carbocycles. The van der Waals surface area contributed by atoms with E-state index in [-0.39, 0.29) is 18.8 Å². The van der Waals surface area contributed by atoms with Crippen LogP contribution >= 0.6 is 12.2 Å². The number of nitrogens with one attached hydrogen (secondary N) is 1. The molecule has 2 N–H and O–H groups in total. The second kappa shape index (κ2) is 14.3. The molecule has 0 amide bonds. The Balaban J connectivity index is 2.30. The molecule has 0 unspecified atom stereocenters. The predicted molar refractivity (Wildman–Crippen MR) is 117 cm³/mol. The van der Waals surface area contributed by atoms with E-state index in [0.29, 0.717) is 22.8 Å². The maximum atomic E-state index is 13.6. The molecule has 0 aliphatic heterocycles. The molecular weight excluding hydrogens is 377 g/mol. The molecule has 0 spiro atoms. The minimum absolute atomic E-state index is 0.0415. The topological polar surface area (TPSA) is 58.6 Å². The Bertz CT molecular complexity index is 607. The second-order valence-electron chi connectivity index (χ2n) is 7.59. The van der Waals surface area contributed by atoms with Crippen LogP contribution in [0.15, 0.2) is 18.2 Å². The molecule has 6 heteroatoms. The number of ether oxygens (including phenoxy) is 1. The van der Waals surface area contributed by atoms with E-state index in [2.05, 4.69) is 19.2 Å². The number of carboxylic acid groups (broad SMARTS) is 1. The molecule has 1 aromatic carbocycles. The summed E-state index contributed by atoms with van der Waals surface area (Å²) in [6.45, 7) is 4.79. The number of halogens is 1. The van der Waals surface area contributed by atoms with Gasteiger partial charge < -0.3 is 15.2 Å². The number of aliphatic carboxylic acids is 1. The summed E-state index contributed by atoms with van der Waals surface area (Å²) < 4.78 is 19.2. The van der Waals surface area contributed by atoms with Gasteiger partial charge in [0.1, 0.15) is 11.6 Å². The van der Waals surface area contributed by atoms with Gasteiger partial charge in [-0.2, -0.15) is 0 Å². The number of anilines is 1. The Morgan fingerprint density at radius 1 is 1.11 bits per heavy atom. The standard InChI is InChI=1S/C22H34FNO3S/c1-17(2)10-7-5-3-4-6-8-11-21(28)24-19-16-18(23)13-14-20(19)27-15-9-12-22(25)26/h13-14,16-17H,3-12,15H2,1-2H3,(H,24,28)(H,25,26). The molecule has 0 aliphatic rings. The molecule has 0 saturated heterocycles. The second-order valence-corrected chi connectivity index (χ2v) is 8.08. The number of unbranched alkanes of at least 4 members (excludes halogenated alkanes) is 5. The Kier molecular flexibility index (Phi) is 12.5. The van der Waals surface area contributed by atoms with Gasteiger partial charge in [0.15, 0.2) is 0 Å². The van der Waals surface area contributed by atoms with Crippen molar-refractivity contribution in [3.8, 4) is 5.75 Å². The summed E-state index contributed by atoms with van der Waals surface area (Å²) in [5.74, 6) is 0.0448. The van der Waals surface area contributed by atoms with E-state index in [1.807, 2.05) is 0 Å². The number of thiocarbonyl (C=S) groups is 1. The Morgan fingerprint density at radius 3 is 2.46 bits per heavy atom. The van der Waals surface area contributed by atoms with Gasteiger partial charge in [-0.3, -0.25) is 4.79 Å². The summed E-state index contributed by atoms with van der Waals surface area (Å²) in [7, 11) is 0. The molecule has 1 rings (SSSR count). The maximum Gasteiger partial charge on any atom is 0.303 e. The van der Waals surface area contributed by atoms with Gasteiger partial charge in [0.25, 0.3) is 0 Å². The van der Waals surface area contributed by atoms with Crippen LogP contribution in [0, 0.1) is 11.7 Å². The fraction of sp³-hybridized carbons (Fsp3) is 0.636. The minimum atomic E-state index is -0.859. The van der Waals surface area contributed by atoms with Gasteiger partial charge in [0, 0.05) is 12.5 Å². The third kappa shape index (κ3) is 11.9. The van der Waals surface area contributed by atoms with Crippen LogP contribution in [0.25, 0.3) is 0 Å². The van der Waals surface area contributed by atoms with Crippen molar-refractivity contribution in [1.82, 2.24) is 0 Å². The summed E-state index contributed by atoms with van der Waals surface area (Å²) in [6, 6.07) is 4.21. The highest BCUT2D eigenvalue weighted by Crippen LogP contribution is 2.26. The SMILES string of the molecule is CC(C)CCCCCCCCC(=S)Nc1cc(F)ccc1OCCCC(=O)O. The summed E-state index contributed by atoms with van der Waals surface area (Å²) in [5, 5.41) is 11.7. The lowest BCUT2D eigenvalue weighted by Gasteiger charge is -2.14. The molecule has 1 aromatic rings. The van der Waals surface area contributed by atoms with Crippen LogP contribution < -0.4 is 10.1 Å². The number of benzene rings is 1. The average molecular weight is 412 g/mol. The number of hydrogen-bond acceptors (Lipinski definition) is 3. The molecule has 158 valence electrons. The van der Waals surface area contributed by atoms with E-state index < -0.39 is 5.97 Å². The quantitative estimate of drug-likeness (QED) is 0.252. The molecule has 0 heterocycles. The van der Waals surface area contributed by atoms with Gasteiger partial charge in [-0.1, -0.05) is 64.6 Å². The number of carboxylic acids is 1. The minimum Gasteiger partial charge on any atom is -0.491 e. The van der Waals surface area contributed by atoms with Gasteiger partial charge in [0.05, 0.1) is 17.3 Å². The lowest BCUT2D eigenvalue weighted by atomic mass is 10.0. The largest absolute Gasteiger partial charge is 0.491 e. The van der Waals surface area contributed by atoms with Gasteiger partial charge in [-0.05, 0) is 37.3 Å². The van der Waals surface area contributed by atoms with E-state index in [1.165, 1.54) is 50.3 Å². The van der Waals surface area contributed by atoms with Crippen LogP contribution in [0.1, 0.15) is 78.1 Å². The molecule has 0 radical (unpaired) electrons. The highest BCUT2D eigenvalue weighted by atomic mass is 32.1. The zero-order chi connectivity index (χ0) is 20.8. The third-order valence-electron chi connectivity index (χ3n) is 4.44. The summed E-state index contributed by atoms with van der Waals surface area (Å²) in [5.41, 5.74) is 0.494. The van der Waals surface area contributed by atoms with Gasteiger partial charge >= 0.3 is 5.97 Å². The normalized spacial score (nSPS) is 10.9. The molecule has 0 aromatic heterocycles. The molecular formula is C22H34FNO3S. The predicted octanol–water partition coefficient (Wildman–Crippen LogP) is 6.59. The fourth-order valence-electron chi connectivity index (χ4n) is 2.89. The smallest absolute Gasteiger partial charge is 0.303 e. The maximum absolute atomic E-state index is 13.6. The summed E-state index contributed by atoms with van der Waals surface area (Å²) in [4.78, 5) is 11.2. The lowest BCUT2D eigenvalue weighted by molar-refractivity contribution is -0.137. The van der Waals surface area contributed by atoms with E-state index in [1.54, 1.807) is 0 Å². The van der Waals surface area contributed by atoms with E-state index in [4.69, 9.17) is 22.1 Å². The van der Waals surface area contributed by atoms with Gasteiger partial charge in [0.2, 0.25) is 0 Å². The number of rotatable bonds is 15. The first-order valence-electron chi connectivity index (χ1n) is 10.3. The van der Waals surface area contributed by atoms with Crippen LogP contribution in [0.5, 0.6) is 5.75 Å². The first-order valence-corrected chi connectivity index (χ1v) is 10.7. The molecule has 0 saturated carbocycles. The monoisotopic (exact) mass is 411 g/mol. The van der Waals surface area contributed by atoms with Crippen molar-refractivity contribution in [3.05, 3.63) is 24.0 Å². The van der Waals surface area contributed by atoms with Crippen molar-refractivity contribution in [1.29, 1.82) is 0 Å². The van der Waals surface area contributed by atoms with Crippen LogP contribution in [-0.2, 0) is 4.79 Å². The van der Waals surface area contributed by atoms with Crippen LogP contribution in [0.4, 0.5) is 10.1 Å². The zero-order valence-electron chi connectivity index (χ0n) is 17.1. The van der Waals surface area contributed by atoms with Crippen LogP contribution in [0.3, 0.4) is 0 Å². The van der Waals surface area contributed by atoms with Crippen LogP contribution in [-0.4, -0.2) is 22.7 Å². The molecule has 28 heavy (non-hydrogen) atoms. The van der Waals surface area contributed by atoms with Crippen molar-refractivity contribution in [3.63, 3.8) is 0 Å². The zero-order valence-corrected chi connectivity index (χ0v) is 18.0. The molecule has 0 atom stereocenters. The highest BCUT2D eigenvalue weighted by Gasteiger charge is 2.08. The summed E-state index contributed by atoms with van der Waals surface area (Å²) in [6.07, 6.45) is 9.76. The first kappa shape index (κ1) is 24.3. The van der Waals surface area contributed by atoms with Crippen molar-refractivity contribution in [2.24, 2.45) is 5.92 Å². The average Bonchev–Trinajstić information content (AvgIpc) is 2.62.